The Bertz CT molecular complexity index is 1560. The molecule has 0 bridgehead atoms. The molecule has 1 heterocycles. The van der Waals surface area contributed by atoms with Gasteiger partial charge in [0.05, 0.1) is 5.69 Å². The quantitative estimate of drug-likeness (QED) is 0.220. The molecule has 0 aliphatic carbocycles. The van der Waals surface area contributed by atoms with Gasteiger partial charge in [0, 0.05) is 33.9 Å². The number of aryl methyl sites for hydroxylation is 2. The van der Waals surface area contributed by atoms with Crippen molar-refractivity contribution in [3.05, 3.63) is 93.5 Å². The van der Waals surface area contributed by atoms with Gasteiger partial charge in [0.1, 0.15) is 12.1 Å². The smallest absolute Gasteiger partial charge is 0.427 e. The number of nitrogens with one attached hydrogen (secondary N) is 1. The van der Waals surface area contributed by atoms with Crippen molar-refractivity contribution < 1.29 is 33.4 Å². The molecule has 2 atom stereocenters. The number of hydrogen-bond acceptors (Lipinski definition) is 8. The van der Waals surface area contributed by atoms with Gasteiger partial charge in [-0.15, -0.1) is 0 Å². The zero-order chi connectivity index (χ0) is 32.0. The molecule has 0 aromatic heterocycles. The summed E-state index contributed by atoms with van der Waals surface area (Å²) < 4.78 is 15.5. The van der Waals surface area contributed by atoms with E-state index >= 15 is 0 Å². The van der Waals surface area contributed by atoms with Crippen molar-refractivity contribution in [1.82, 2.24) is 0 Å². The highest BCUT2D eigenvalue weighted by atomic mass is 35.5. The van der Waals surface area contributed by atoms with Crippen LogP contribution in [0.25, 0.3) is 0 Å². The Labute approximate surface area is 261 Å². The molecular formula is C33H36ClN3O7. The third-order valence-corrected chi connectivity index (χ3v) is 7.67. The molecule has 11 heteroatoms. The Hall–Kier alpha value is -4.41. The Morgan fingerprint density at radius 2 is 1.73 bits per heavy atom. The Morgan fingerprint density at radius 1 is 0.977 bits per heavy atom. The third-order valence-electron chi connectivity index (χ3n) is 7.43. The summed E-state index contributed by atoms with van der Waals surface area (Å²) in [6.07, 6.45) is -0.890. The monoisotopic (exact) mass is 621 g/mol. The van der Waals surface area contributed by atoms with E-state index in [1.165, 1.54) is 0 Å². The maximum absolute atomic E-state index is 13.9. The van der Waals surface area contributed by atoms with Crippen LogP contribution in [-0.4, -0.2) is 43.3 Å². The number of hydrogen-bond donors (Lipinski definition) is 2. The molecule has 3 N–H and O–H groups in total. The molecule has 0 saturated carbocycles. The molecule has 1 aliphatic rings. The molecule has 2 amide bonds. The average Bonchev–Trinajstić information content (AvgIpc) is 3.15. The predicted octanol–water partition coefficient (Wildman–Crippen LogP) is 6.33. The fourth-order valence-corrected chi connectivity index (χ4v) is 5.06. The lowest BCUT2D eigenvalue weighted by Crippen LogP contribution is -2.37. The number of halogens is 1. The average molecular weight is 622 g/mol. The fourth-order valence-electron chi connectivity index (χ4n) is 4.88. The predicted molar refractivity (Wildman–Crippen MR) is 167 cm³/mol. The lowest BCUT2D eigenvalue weighted by molar-refractivity contribution is -0.156. The third kappa shape index (κ3) is 7.75. The molecular weight excluding hydrogens is 586 g/mol. The number of nitrogens with zero attached hydrogens (tertiary/aromatic N) is 1. The maximum atomic E-state index is 13.9. The highest BCUT2D eigenvalue weighted by Gasteiger charge is 2.31. The minimum absolute atomic E-state index is 0.140. The zero-order valence-electron chi connectivity index (χ0n) is 25.1. The molecule has 44 heavy (non-hydrogen) atoms. The second kappa shape index (κ2) is 14.4. The minimum atomic E-state index is -1.04. The summed E-state index contributed by atoms with van der Waals surface area (Å²) in [5.41, 5.74) is 9.97. The number of ether oxygens (including phenoxy) is 3. The highest BCUT2D eigenvalue weighted by Crippen LogP contribution is 2.38. The molecule has 0 spiro atoms. The summed E-state index contributed by atoms with van der Waals surface area (Å²) in [4.78, 5) is 52.7. The van der Waals surface area contributed by atoms with E-state index in [1.807, 2.05) is 19.1 Å². The van der Waals surface area contributed by atoms with Crippen molar-refractivity contribution >= 4 is 46.9 Å². The number of fused-ring (bicyclic) bond motifs is 1. The number of anilines is 2. The van der Waals surface area contributed by atoms with Gasteiger partial charge in [0.25, 0.3) is 11.8 Å². The van der Waals surface area contributed by atoms with Crippen molar-refractivity contribution in [2.75, 3.05) is 23.6 Å². The minimum Gasteiger partial charge on any atom is -0.427 e. The van der Waals surface area contributed by atoms with Gasteiger partial charge in [-0.05, 0) is 86.2 Å². The number of carbonyl (C=O) groups excluding carboxylic acids is 4. The first-order chi connectivity index (χ1) is 21.0. The van der Waals surface area contributed by atoms with Crippen LogP contribution in [0.5, 0.6) is 0 Å². The van der Waals surface area contributed by atoms with Gasteiger partial charge in [-0.1, -0.05) is 43.6 Å². The van der Waals surface area contributed by atoms with Crippen LogP contribution in [0.2, 0.25) is 5.02 Å². The standard InChI is InChI=1S/C33H36ClN3O7/c1-19(2)29(35)32(40)42-18-43-33(41)44-28-10-7-15-37(27-14-11-22(34)17-26(27)28)31(39)25-13-12-23(16-21(25)4)36-30(38)24-9-6-5-8-20(24)3/h5-6,8-9,11-14,16-17,19,28-29H,7,10,15,18,35H2,1-4H3,(H,36,38)/t28?,29-/m0/s1. The first-order valence-corrected chi connectivity index (χ1v) is 14.7. The summed E-state index contributed by atoms with van der Waals surface area (Å²) in [7, 11) is 0. The van der Waals surface area contributed by atoms with E-state index in [-0.39, 0.29) is 17.7 Å². The number of amides is 2. The van der Waals surface area contributed by atoms with Crippen molar-refractivity contribution in [2.24, 2.45) is 11.7 Å². The van der Waals surface area contributed by atoms with Crippen LogP contribution in [0.3, 0.4) is 0 Å². The number of carbonyl (C=O) groups is 4. The van der Waals surface area contributed by atoms with Gasteiger partial charge < -0.3 is 30.2 Å². The molecule has 0 saturated heterocycles. The summed E-state index contributed by atoms with van der Waals surface area (Å²) >= 11 is 6.31. The summed E-state index contributed by atoms with van der Waals surface area (Å²) in [5, 5.41) is 3.30. The molecule has 1 aliphatic heterocycles. The van der Waals surface area contributed by atoms with Crippen LogP contribution in [-0.2, 0) is 19.0 Å². The van der Waals surface area contributed by atoms with Gasteiger partial charge >= 0.3 is 12.1 Å². The Kier molecular flexibility index (Phi) is 10.6. The number of rotatable bonds is 8. The second-order valence-corrected chi connectivity index (χ2v) is 11.4. The highest BCUT2D eigenvalue weighted by molar-refractivity contribution is 6.30. The molecule has 3 aromatic rings. The lowest BCUT2D eigenvalue weighted by atomic mass is 10.0. The Morgan fingerprint density at radius 3 is 2.43 bits per heavy atom. The Balaban J connectivity index is 1.48. The van der Waals surface area contributed by atoms with Gasteiger partial charge in [0.15, 0.2) is 0 Å². The normalized spacial score (nSPS) is 15.1. The fraction of sp³-hybridized carbons (Fsp3) is 0.333. The van der Waals surface area contributed by atoms with Crippen LogP contribution >= 0.6 is 11.6 Å². The van der Waals surface area contributed by atoms with Crippen LogP contribution < -0.4 is 16.0 Å². The van der Waals surface area contributed by atoms with E-state index in [9.17, 15) is 19.2 Å². The van der Waals surface area contributed by atoms with Crippen molar-refractivity contribution in [1.29, 1.82) is 0 Å². The van der Waals surface area contributed by atoms with E-state index < -0.39 is 31.1 Å². The number of esters is 1. The van der Waals surface area contributed by atoms with Crippen LogP contribution in [0.15, 0.2) is 60.7 Å². The molecule has 232 valence electrons. The van der Waals surface area contributed by atoms with Gasteiger partial charge in [0.2, 0.25) is 6.79 Å². The lowest BCUT2D eigenvalue weighted by Gasteiger charge is -2.25. The van der Waals surface area contributed by atoms with Crippen molar-refractivity contribution in [2.45, 2.75) is 52.7 Å². The SMILES string of the molecule is Cc1ccccc1C(=O)Nc1ccc(C(=O)N2CCCC(OC(=O)OCOC(=O)[C@@H](N)C(C)C)c3cc(Cl)ccc32)c(C)c1. The molecule has 10 nitrogen and oxygen atoms in total. The second-order valence-electron chi connectivity index (χ2n) is 11.0. The number of nitrogens with two attached hydrogens (primary N) is 1. The van der Waals surface area contributed by atoms with Crippen LogP contribution in [0.4, 0.5) is 16.2 Å². The molecule has 0 radical (unpaired) electrons. The largest absolute Gasteiger partial charge is 0.511 e. The zero-order valence-corrected chi connectivity index (χ0v) is 25.9. The van der Waals surface area contributed by atoms with Crippen LogP contribution in [0, 0.1) is 19.8 Å². The first kappa shape index (κ1) is 32.5. The van der Waals surface area contributed by atoms with Crippen LogP contribution in [0.1, 0.15) is 70.2 Å². The van der Waals surface area contributed by atoms with Gasteiger partial charge in [-0.2, -0.15) is 0 Å². The van der Waals surface area contributed by atoms with E-state index in [4.69, 9.17) is 31.5 Å². The van der Waals surface area contributed by atoms with E-state index in [2.05, 4.69) is 5.32 Å². The molecule has 3 aromatic carbocycles. The molecule has 0 fully saturated rings. The maximum Gasteiger partial charge on any atom is 0.511 e. The van der Waals surface area contributed by atoms with Crippen molar-refractivity contribution in [3.8, 4) is 0 Å². The molecule has 1 unspecified atom stereocenters. The summed E-state index contributed by atoms with van der Waals surface area (Å²) in [6.45, 7) is 6.94. The van der Waals surface area contributed by atoms with Crippen molar-refractivity contribution in [3.63, 3.8) is 0 Å². The van der Waals surface area contributed by atoms with Gasteiger partial charge in [-0.3, -0.25) is 14.4 Å². The topological polar surface area (TPSA) is 137 Å². The first-order valence-electron chi connectivity index (χ1n) is 14.3. The summed E-state index contributed by atoms with van der Waals surface area (Å²) in [5.74, 6) is -1.31. The summed E-state index contributed by atoms with van der Waals surface area (Å²) in [6, 6.07) is 16.6. The van der Waals surface area contributed by atoms with E-state index in [1.54, 1.807) is 74.2 Å². The molecule has 4 rings (SSSR count). The van der Waals surface area contributed by atoms with E-state index in [0.29, 0.717) is 58.0 Å². The van der Waals surface area contributed by atoms with E-state index in [0.717, 1.165) is 5.56 Å². The number of benzene rings is 3. The van der Waals surface area contributed by atoms with Gasteiger partial charge in [-0.25, -0.2) is 4.79 Å².